The summed E-state index contributed by atoms with van der Waals surface area (Å²) >= 11 is 0. The molecule has 0 fully saturated rings. The van der Waals surface area contributed by atoms with Gasteiger partial charge in [-0.05, 0) is 31.3 Å². The average molecular weight is 240 g/mol. The number of halogens is 1. The summed E-state index contributed by atoms with van der Waals surface area (Å²) < 4.78 is 12.7. The maximum absolute atomic E-state index is 12.7. The van der Waals surface area contributed by atoms with Crippen LogP contribution < -0.4 is 9.62 Å². The number of pyridine rings is 1. The van der Waals surface area contributed by atoms with Crippen molar-refractivity contribution < 1.29 is 4.39 Å². The topological polar surface area (TPSA) is 19.4 Å². The molecule has 89 valence electrons. The van der Waals surface area contributed by atoms with Crippen molar-refractivity contribution in [3.05, 3.63) is 48.2 Å². The Morgan fingerprint density at radius 3 is 2.67 bits per heavy atom. The Labute approximate surface area is 106 Å². The summed E-state index contributed by atoms with van der Waals surface area (Å²) in [6, 6.07) is 13.5. The number of anilines is 3. The third-order valence-electron chi connectivity index (χ3n) is 2.99. The van der Waals surface area contributed by atoms with Gasteiger partial charge in [-0.25, -0.2) is 9.37 Å². The zero-order valence-electron chi connectivity index (χ0n) is 10.0. The van der Waals surface area contributed by atoms with Crippen LogP contribution in [0.4, 0.5) is 21.6 Å². The predicted molar refractivity (Wildman–Crippen MR) is 71.8 cm³/mol. The molecule has 5 heteroatoms. The first kappa shape index (κ1) is 11.1. The van der Waals surface area contributed by atoms with Crippen molar-refractivity contribution in [1.29, 1.82) is 0 Å². The van der Waals surface area contributed by atoms with E-state index < -0.39 is 6.67 Å². The Morgan fingerprint density at radius 1 is 1.11 bits per heavy atom. The number of aromatic nitrogens is 1. The molecule has 1 aliphatic rings. The van der Waals surface area contributed by atoms with Gasteiger partial charge in [0.25, 0.3) is 0 Å². The first-order chi connectivity index (χ1) is 8.79. The molecular formula is C13H12BFN3. The van der Waals surface area contributed by atoms with E-state index in [1.165, 1.54) is 0 Å². The van der Waals surface area contributed by atoms with Crippen LogP contribution in [-0.2, 0) is 6.67 Å². The van der Waals surface area contributed by atoms with E-state index >= 15 is 0 Å². The molecule has 0 saturated heterocycles. The lowest BCUT2D eigenvalue weighted by Crippen LogP contribution is -2.29. The molecule has 0 aliphatic carbocycles. The van der Waals surface area contributed by atoms with E-state index in [1.807, 2.05) is 60.6 Å². The molecule has 0 N–H and O–H groups in total. The molecule has 0 atom stereocenters. The minimum atomic E-state index is -0.542. The highest BCUT2D eigenvalue weighted by atomic mass is 19.1. The van der Waals surface area contributed by atoms with Crippen molar-refractivity contribution in [2.45, 2.75) is 6.67 Å². The van der Waals surface area contributed by atoms with Crippen LogP contribution in [0.1, 0.15) is 5.69 Å². The third kappa shape index (κ3) is 1.72. The van der Waals surface area contributed by atoms with Crippen LogP contribution >= 0.6 is 0 Å². The molecule has 1 aromatic heterocycles. The van der Waals surface area contributed by atoms with Crippen molar-refractivity contribution in [2.75, 3.05) is 16.7 Å². The largest absolute Gasteiger partial charge is 0.400 e. The van der Waals surface area contributed by atoms with Crippen molar-refractivity contribution in [2.24, 2.45) is 0 Å². The number of rotatable bonds is 2. The fourth-order valence-electron chi connectivity index (χ4n) is 2.12. The second kappa shape index (κ2) is 4.33. The minimum absolute atomic E-state index is 0.452. The first-order valence-electron chi connectivity index (χ1n) is 5.77. The fourth-order valence-corrected chi connectivity index (χ4v) is 2.12. The summed E-state index contributed by atoms with van der Waals surface area (Å²) in [5.74, 6) is 0.738. The van der Waals surface area contributed by atoms with Gasteiger partial charge in [0, 0.05) is 5.69 Å². The lowest BCUT2D eigenvalue weighted by atomic mass is 10.1. The SMILES string of the molecule is CN1[B]N(c2cccc(CF)n2)c2ccccc21. The Morgan fingerprint density at radius 2 is 1.89 bits per heavy atom. The van der Waals surface area contributed by atoms with E-state index in [-0.39, 0.29) is 0 Å². The normalized spacial score (nSPS) is 13.4. The van der Waals surface area contributed by atoms with Gasteiger partial charge in [0.2, 0.25) is 0 Å². The number of alkyl halides is 1. The van der Waals surface area contributed by atoms with E-state index in [9.17, 15) is 4.39 Å². The number of para-hydroxylation sites is 2. The summed E-state index contributed by atoms with van der Waals surface area (Å²) in [6.07, 6.45) is 0. The Bertz CT molecular complexity index is 576. The van der Waals surface area contributed by atoms with E-state index in [4.69, 9.17) is 0 Å². The van der Waals surface area contributed by atoms with Crippen molar-refractivity contribution in [3.63, 3.8) is 0 Å². The third-order valence-corrected chi connectivity index (χ3v) is 2.99. The Hall–Kier alpha value is -2.04. The maximum Gasteiger partial charge on any atom is 0.397 e. The van der Waals surface area contributed by atoms with Crippen LogP contribution in [0.15, 0.2) is 42.5 Å². The minimum Gasteiger partial charge on any atom is -0.400 e. The number of fused-ring (bicyclic) bond motifs is 1. The van der Waals surface area contributed by atoms with Gasteiger partial charge in [-0.3, -0.25) is 0 Å². The molecule has 0 bridgehead atoms. The van der Waals surface area contributed by atoms with Crippen LogP contribution in [0.3, 0.4) is 0 Å². The maximum atomic E-state index is 12.7. The molecule has 3 nitrogen and oxygen atoms in total. The van der Waals surface area contributed by atoms with Gasteiger partial charge in [-0.15, -0.1) is 0 Å². The lowest BCUT2D eigenvalue weighted by Gasteiger charge is -2.17. The lowest BCUT2D eigenvalue weighted by molar-refractivity contribution is 0.476. The molecule has 0 unspecified atom stereocenters. The van der Waals surface area contributed by atoms with Crippen LogP contribution in [-0.4, -0.2) is 19.6 Å². The standard InChI is InChI=1S/C13H12BFN3/c1-17-11-6-2-3-7-12(11)18(14-17)13-8-4-5-10(9-15)16-13/h2-8H,9H2,1H3. The molecule has 1 aliphatic heterocycles. The van der Waals surface area contributed by atoms with Crippen LogP contribution in [0.25, 0.3) is 0 Å². The van der Waals surface area contributed by atoms with Gasteiger partial charge in [0.1, 0.15) is 12.5 Å². The highest BCUT2D eigenvalue weighted by Crippen LogP contribution is 2.37. The second-order valence-corrected chi connectivity index (χ2v) is 4.21. The van der Waals surface area contributed by atoms with Gasteiger partial charge in [0.15, 0.2) is 0 Å². The van der Waals surface area contributed by atoms with Crippen molar-refractivity contribution >= 4 is 24.7 Å². The zero-order chi connectivity index (χ0) is 12.5. The van der Waals surface area contributed by atoms with E-state index in [2.05, 4.69) is 4.98 Å². The first-order valence-corrected chi connectivity index (χ1v) is 5.77. The van der Waals surface area contributed by atoms with E-state index in [0.717, 1.165) is 17.2 Å². The summed E-state index contributed by atoms with van der Waals surface area (Å²) in [4.78, 5) is 8.29. The summed E-state index contributed by atoms with van der Waals surface area (Å²) in [7, 11) is 3.94. The molecule has 1 radical (unpaired) electrons. The number of nitrogens with zero attached hydrogens (tertiary/aromatic N) is 3. The average Bonchev–Trinajstić information content (AvgIpc) is 2.77. The van der Waals surface area contributed by atoms with Crippen LogP contribution in [0.5, 0.6) is 0 Å². The number of benzene rings is 1. The Balaban J connectivity index is 2.03. The molecule has 0 saturated carbocycles. The zero-order valence-corrected chi connectivity index (χ0v) is 10.0. The van der Waals surface area contributed by atoms with Gasteiger partial charge in [-0.1, -0.05) is 18.2 Å². The number of hydrogen-bond donors (Lipinski definition) is 0. The highest BCUT2D eigenvalue weighted by Gasteiger charge is 2.27. The molecule has 2 heterocycles. The molecule has 2 aromatic rings. The molecule has 3 rings (SSSR count). The van der Waals surface area contributed by atoms with Gasteiger partial charge in [0.05, 0.1) is 11.4 Å². The summed E-state index contributed by atoms with van der Waals surface area (Å²) in [6.45, 7) is -0.542. The van der Waals surface area contributed by atoms with Crippen LogP contribution in [0.2, 0.25) is 0 Å². The van der Waals surface area contributed by atoms with Gasteiger partial charge in [-0.2, -0.15) is 0 Å². The van der Waals surface area contributed by atoms with E-state index in [0.29, 0.717) is 5.69 Å². The summed E-state index contributed by atoms with van der Waals surface area (Å²) in [5.41, 5.74) is 2.63. The van der Waals surface area contributed by atoms with Gasteiger partial charge >= 0.3 is 7.55 Å². The smallest absolute Gasteiger partial charge is 0.397 e. The van der Waals surface area contributed by atoms with Crippen molar-refractivity contribution in [1.82, 2.24) is 4.98 Å². The highest BCUT2D eigenvalue weighted by molar-refractivity contribution is 6.52. The molecule has 1 aromatic carbocycles. The monoisotopic (exact) mass is 240 g/mol. The predicted octanol–water partition coefficient (Wildman–Crippen LogP) is 2.67. The fraction of sp³-hybridized carbons (Fsp3) is 0.154. The van der Waals surface area contributed by atoms with Crippen LogP contribution in [0, 0.1) is 0 Å². The molecular weight excluding hydrogens is 228 g/mol. The molecule has 0 amide bonds. The summed E-state index contributed by atoms with van der Waals surface area (Å²) in [5, 5.41) is 0. The second-order valence-electron chi connectivity index (χ2n) is 4.21. The quantitative estimate of drug-likeness (QED) is 0.752. The van der Waals surface area contributed by atoms with E-state index in [1.54, 1.807) is 6.07 Å². The molecule has 0 spiro atoms. The Kier molecular flexibility index (Phi) is 2.66. The number of hydrogen-bond acceptors (Lipinski definition) is 3. The molecule has 18 heavy (non-hydrogen) atoms. The van der Waals surface area contributed by atoms with Gasteiger partial charge < -0.3 is 9.62 Å². The van der Waals surface area contributed by atoms with Crippen molar-refractivity contribution in [3.8, 4) is 0 Å².